The van der Waals surface area contributed by atoms with E-state index >= 15 is 0 Å². The molecule has 0 saturated heterocycles. The zero-order valence-corrected chi connectivity index (χ0v) is 34.3. The first kappa shape index (κ1) is 34.9. The van der Waals surface area contributed by atoms with Gasteiger partial charge in [-0.1, -0.05) is 146 Å². The predicted molar refractivity (Wildman–Crippen MR) is 264 cm³/mol. The number of para-hydroxylation sites is 3. The van der Waals surface area contributed by atoms with Crippen LogP contribution in [0.1, 0.15) is 0 Å². The molecule has 0 spiro atoms. The van der Waals surface area contributed by atoms with Gasteiger partial charge >= 0.3 is 0 Å². The molecular formula is C58H36N2OS. The molecular weight excluding hydrogens is 773 g/mol. The second kappa shape index (κ2) is 13.8. The van der Waals surface area contributed by atoms with Gasteiger partial charge in [-0.2, -0.15) is 0 Å². The van der Waals surface area contributed by atoms with Gasteiger partial charge in [-0.05, 0) is 94.9 Å². The fraction of sp³-hybridized carbons (Fsp3) is 0. The molecule has 3 aromatic heterocycles. The topological polar surface area (TPSA) is 21.3 Å². The molecule has 0 radical (unpaired) electrons. The summed E-state index contributed by atoms with van der Waals surface area (Å²) in [5.41, 5.74) is 13.2. The Kier molecular flexibility index (Phi) is 7.78. The Morgan fingerprint density at radius 2 is 1.05 bits per heavy atom. The van der Waals surface area contributed by atoms with Crippen LogP contribution in [-0.4, -0.2) is 4.57 Å². The molecule has 4 heteroatoms. The Balaban J connectivity index is 0.976. The van der Waals surface area contributed by atoms with E-state index in [2.05, 4.69) is 228 Å². The summed E-state index contributed by atoms with van der Waals surface area (Å²) in [5, 5.41) is 9.64. The van der Waals surface area contributed by atoms with Crippen molar-refractivity contribution in [1.29, 1.82) is 0 Å². The van der Waals surface area contributed by atoms with Crippen LogP contribution >= 0.6 is 11.3 Å². The fourth-order valence-electron chi connectivity index (χ4n) is 9.78. The van der Waals surface area contributed by atoms with Gasteiger partial charge in [-0.25, -0.2) is 0 Å². The maximum absolute atomic E-state index is 6.69. The summed E-state index contributed by atoms with van der Waals surface area (Å²) in [6.45, 7) is 0. The van der Waals surface area contributed by atoms with Crippen LogP contribution in [0.3, 0.4) is 0 Å². The second-order valence-electron chi connectivity index (χ2n) is 16.0. The number of hydrogen-bond donors (Lipinski definition) is 0. The van der Waals surface area contributed by atoms with Crippen LogP contribution < -0.4 is 4.90 Å². The first-order valence-corrected chi connectivity index (χ1v) is 21.9. The number of hydrogen-bond acceptors (Lipinski definition) is 3. The lowest BCUT2D eigenvalue weighted by Crippen LogP contribution is -2.11. The van der Waals surface area contributed by atoms with Crippen molar-refractivity contribution in [2.24, 2.45) is 0 Å². The first-order chi connectivity index (χ1) is 30.7. The third kappa shape index (κ3) is 5.37. The minimum atomic E-state index is 0.884. The van der Waals surface area contributed by atoms with Gasteiger partial charge < -0.3 is 13.9 Å². The Morgan fingerprint density at radius 1 is 0.403 bits per heavy atom. The summed E-state index contributed by atoms with van der Waals surface area (Å²) in [6, 6.07) is 79.2. The number of aromatic nitrogens is 1. The van der Waals surface area contributed by atoms with Crippen LogP contribution in [0.25, 0.3) is 103 Å². The number of benzene rings is 10. The van der Waals surface area contributed by atoms with Gasteiger partial charge in [0.25, 0.3) is 0 Å². The molecule has 0 saturated carbocycles. The van der Waals surface area contributed by atoms with Gasteiger partial charge in [0.15, 0.2) is 0 Å². The third-order valence-electron chi connectivity index (χ3n) is 12.6. The van der Waals surface area contributed by atoms with Crippen molar-refractivity contribution in [3.05, 3.63) is 218 Å². The van der Waals surface area contributed by atoms with Crippen molar-refractivity contribution in [1.82, 2.24) is 4.57 Å². The molecule has 0 N–H and O–H groups in total. The maximum atomic E-state index is 6.69. The van der Waals surface area contributed by atoms with Crippen molar-refractivity contribution >= 4 is 103 Å². The van der Waals surface area contributed by atoms with Gasteiger partial charge in [0.1, 0.15) is 11.2 Å². The summed E-state index contributed by atoms with van der Waals surface area (Å²) in [5.74, 6) is 0. The van der Waals surface area contributed by atoms with E-state index in [1.807, 2.05) is 11.3 Å². The molecule has 10 aromatic carbocycles. The van der Waals surface area contributed by atoms with E-state index in [1.165, 1.54) is 52.9 Å². The lowest BCUT2D eigenvalue weighted by Gasteiger charge is -2.28. The molecule has 0 aliphatic carbocycles. The van der Waals surface area contributed by atoms with Crippen LogP contribution in [0.4, 0.5) is 17.1 Å². The number of anilines is 3. The number of nitrogens with zero attached hydrogens (tertiary/aromatic N) is 2. The Bertz CT molecular complexity index is 3830. The van der Waals surface area contributed by atoms with Gasteiger partial charge in [0.05, 0.1) is 16.7 Å². The molecule has 62 heavy (non-hydrogen) atoms. The smallest absolute Gasteiger partial charge is 0.143 e. The fourth-order valence-corrected chi connectivity index (χ4v) is 10.9. The van der Waals surface area contributed by atoms with Crippen LogP contribution in [0.5, 0.6) is 0 Å². The van der Waals surface area contributed by atoms with Crippen molar-refractivity contribution in [3.8, 4) is 27.9 Å². The monoisotopic (exact) mass is 808 g/mol. The molecule has 0 amide bonds. The van der Waals surface area contributed by atoms with Crippen LogP contribution in [0, 0.1) is 0 Å². The van der Waals surface area contributed by atoms with Crippen molar-refractivity contribution in [3.63, 3.8) is 0 Å². The number of furan rings is 1. The number of rotatable bonds is 6. The van der Waals surface area contributed by atoms with Crippen molar-refractivity contribution in [2.75, 3.05) is 4.90 Å². The molecule has 13 aromatic rings. The number of fused-ring (bicyclic) bond motifs is 11. The highest BCUT2D eigenvalue weighted by Gasteiger charge is 2.22. The average Bonchev–Trinajstić information content (AvgIpc) is 4.02. The Hall–Kier alpha value is -7.92. The zero-order chi connectivity index (χ0) is 40.7. The Morgan fingerprint density at radius 3 is 1.89 bits per heavy atom. The summed E-state index contributed by atoms with van der Waals surface area (Å²) in [6.07, 6.45) is 0. The molecule has 0 atom stereocenters. The van der Waals surface area contributed by atoms with Crippen molar-refractivity contribution in [2.45, 2.75) is 0 Å². The molecule has 13 rings (SSSR count). The molecule has 0 aliphatic rings. The van der Waals surface area contributed by atoms with Crippen LogP contribution in [-0.2, 0) is 0 Å². The van der Waals surface area contributed by atoms with Crippen LogP contribution in [0.2, 0.25) is 0 Å². The normalized spacial score (nSPS) is 11.9. The van der Waals surface area contributed by atoms with Gasteiger partial charge in [-0.15, -0.1) is 11.3 Å². The van der Waals surface area contributed by atoms with E-state index in [1.54, 1.807) is 0 Å². The van der Waals surface area contributed by atoms with Gasteiger partial charge in [0.2, 0.25) is 0 Å². The summed E-state index contributed by atoms with van der Waals surface area (Å²) in [4.78, 5) is 2.42. The highest BCUT2D eigenvalue weighted by molar-refractivity contribution is 7.25. The lowest BCUT2D eigenvalue weighted by atomic mass is 9.96. The molecule has 0 unspecified atom stereocenters. The van der Waals surface area contributed by atoms with E-state index in [9.17, 15) is 0 Å². The van der Waals surface area contributed by atoms with Gasteiger partial charge in [0, 0.05) is 69.7 Å². The van der Waals surface area contributed by atoms with E-state index in [0.29, 0.717) is 0 Å². The predicted octanol–water partition coefficient (Wildman–Crippen LogP) is 17.0. The summed E-state index contributed by atoms with van der Waals surface area (Å²) < 4.78 is 11.6. The Labute approximate surface area is 361 Å². The highest BCUT2D eigenvalue weighted by atomic mass is 32.1. The quantitative estimate of drug-likeness (QED) is 0.167. The second-order valence-corrected chi connectivity index (χ2v) is 17.1. The SMILES string of the molecule is c1cc(-c2ccc(N(c3ccc4c(c3)sc3ccccc34)c3ccccc3-c3cccc4oc5c6ccccc6ccc5c34)cc2)cc(-n2c3ccccc3c3ccccc32)c1. The maximum Gasteiger partial charge on any atom is 0.143 e. The highest BCUT2D eigenvalue weighted by Crippen LogP contribution is 2.47. The average molecular weight is 809 g/mol. The first-order valence-electron chi connectivity index (χ1n) is 21.1. The molecule has 3 nitrogen and oxygen atoms in total. The zero-order valence-electron chi connectivity index (χ0n) is 33.5. The van der Waals surface area contributed by atoms with E-state index in [-0.39, 0.29) is 0 Å². The summed E-state index contributed by atoms with van der Waals surface area (Å²) >= 11 is 1.85. The van der Waals surface area contributed by atoms with Gasteiger partial charge in [-0.3, -0.25) is 0 Å². The third-order valence-corrected chi connectivity index (χ3v) is 13.7. The van der Waals surface area contributed by atoms with Crippen LogP contribution in [0.15, 0.2) is 223 Å². The number of thiophene rings is 1. The largest absolute Gasteiger partial charge is 0.455 e. The minimum absolute atomic E-state index is 0.884. The molecule has 0 fully saturated rings. The summed E-state index contributed by atoms with van der Waals surface area (Å²) in [7, 11) is 0. The van der Waals surface area contributed by atoms with E-state index in [4.69, 9.17) is 4.42 Å². The molecule has 290 valence electrons. The standard InChI is InChI=1S/C58H36N2OS/c1-2-16-43-38(13-1)29-33-50-57-49(21-12-25-54(57)61-58(43)50)46-19-5-7-22-51(46)59(42-32-34-48-47-20-6-10-26-55(47)62-56(48)36-42)40-30-27-37(28-31-40)39-14-11-15-41(35-39)60-52-23-8-3-17-44(52)45-18-4-9-24-53(45)60/h1-36H. The molecule has 0 aliphatic heterocycles. The van der Waals surface area contributed by atoms with Crippen molar-refractivity contribution < 1.29 is 4.42 Å². The molecule has 3 heterocycles. The lowest BCUT2D eigenvalue weighted by molar-refractivity contribution is 0.673. The van der Waals surface area contributed by atoms with E-state index in [0.717, 1.165) is 66.8 Å². The minimum Gasteiger partial charge on any atom is -0.455 e. The van der Waals surface area contributed by atoms with E-state index < -0.39 is 0 Å². The molecule has 0 bridgehead atoms.